The summed E-state index contributed by atoms with van der Waals surface area (Å²) in [5.74, 6) is 0.896. The average Bonchev–Trinajstić information content (AvgIpc) is 3.46. The van der Waals surface area contributed by atoms with E-state index in [1.165, 1.54) is 23.4 Å². The number of H-pyrrole nitrogens is 1. The van der Waals surface area contributed by atoms with Crippen LogP contribution >= 0.6 is 11.3 Å². The molecule has 0 atom stereocenters. The molecule has 1 N–H and O–H groups in total. The quantitative estimate of drug-likeness (QED) is 0.526. The molecule has 30 heavy (non-hydrogen) atoms. The van der Waals surface area contributed by atoms with Gasteiger partial charge in [0.2, 0.25) is 0 Å². The van der Waals surface area contributed by atoms with Gasteiger partial charge in [-0.3, -0.25) is 5.10 Å². The summed E-state index contributed by atoms with van der Waals surface area (Å²) in [5.41, 5.74) is 6.36. The first-order valence-corrected chi connectivity index (χ1v) is 11.4. The first-order valence-electron chi connectivity index (χ1n) is 10.5. The van der Waals surface area contributed by atoms with Gasteiger partial charge in [-0.1, -0.05) is 13.8 Å². The van der Waals surface area contributed by atoms with Gasteiger partial charge in [0.15, 0.2) is 5.65 Å². The van der Waals surface area contributed by atoms with Crippen LogP contribution in [-0.4, -0.2) is 54.8 Å². The number of hydrogen-bond acceptors (Lipinski definition) is 6. The summed E-state index contributed by atoms with van der Waals surface area (Å²) < 4.78 is 1.83. The molecule has 0 spiro atoms. The van der Waals surface area contributed by atoms with Crippen molar-refractivity contribution in [1.29, 1.82) is 0 Å². The Labute approximate surface area is 180 Å². The van der Waals surface area contributed by atoms with Crippen LogP contribution in [0, 0.1) is 6.92 Å². The Bertz CT molecular complexity index is 1180. The van der Waals surface area contributed by atoms with E-state index in [1.54, 1.807) is 17.7 Å². The van der Waals surface area contributed by atoms with Crippen LogP contribution in [0.2, 0.25) is 0 Å². The van der Waals surface area contributed by atoms with E-state index >= 15 is 0 Å². The smallest absolute Gasteiger partial charge is 0.158 e. The maximum atomic E-state index is 4.80. The van der Waals surface area contributed by atoms with E-state index in [0.29, 0.717) is 11.8 Å². The highest BCUT2D eigenvalue weighted by atomic mass is 32.1. The van der Waals surface area contributed by atoms with E-state index < -0.39 is 0 Å². The van der Waals surface area contributed by atoms with Crippen molar-refractivity contribution in [2.45, 2.75) is 45.4 Å². The Morgan fingerprint density at radius 2 is 2.00 bits per heavy atom. The van der Waals surface area contributed by atoms with Crippen molar-refractivity contribution in [2.24, 2.45) is 0 Å². The van der Waals surface area contributed by atoms with Crippen molar-refractivity contribution >= 4 is 17.0 Å². The molecule has 1 saturated heterocycles. The number of rotatable bonds is 4. The molecule has 0 radical (unpaired) electrons. The van der Waals surface area contributed by atoms with Crippen LogP contribution in [0.4, 0.5) is 0 Å². The van der Waals surface area contributed by atoms with Crippen LogP contribution in [0.1, 0.15) is 54.7 Å². The number of nitrogens with one attached hydrogen (secondary N) is 1. The Morgan fingerprint density at radius 3 is 2.77 bits per heavy atom. The lowest BCUT2D eigenvalue weighted by Crippen LogP contribution is -2.29. The van der Waals surface area contributed by atoms with Crippen LogP contribution in [0.15, 0.2) is 24.8 Å². The van der Waals surface area contributed by atoms with Gasteiger partial charge in [0.1, 0.15) is 12.0 Å². The fourth-order valence-electron chi connectivity index (χ4n) is 4.39. The fourth-order valence-corrected chi connectivity index (χ4v) is 5.48. The molecule has 4 aromatic heterocycles. The lowest BCUT2D eigenvalue weighted by atomic mass is 9.96. The van der Waals surface area contributed by atoms with Gasteiger partial charge in [0.05, 0.1) is 15.6 Å². The predicted octanol–water partition coefficient (Wildman–Crippen LogP) is 4.48. The number of hydrogen-bond donors (Lipinski definition) is 1. The normalized spacial score (nSPS) is 16.2. The second-order valence-corrected chi connectivity index (χ2v) is 9.66. The summed E-state index contributed by atoms with van der Waals surface area (Å²) in [6.07, 6.45) is 7.99. The van der Waals surface area contributed by atoms with Crippen LogP contribution in [0.3, 0.4) is 0 Å². The van der Waals surface area contributed by atoms with E-state index in [0.717, 1.165) is 46.1 Å². The minimum Gasteiger partial charge on any atom is -0.306 e. The second-order valence-electron chi connectivity index (χ2n) is 8.60. The Hall–Kier alpha value is -2.58. The lowest BCUT2D eigenvalue weighted by molar-refractivity contribution is 0.255. The molecule has 5 rings (SSSR count). The number of thiazole rings is 1. The highest BCUT2D eigenvalue weighted by molar-refractivity contribution is 7.15. The molecule has 156 valence electrons. The molecule has 8 heteroatoms. The third-order valence-electron chi connectivity index (χ3n) is 6.05. The number of aryl methyl sites for hydroxylation is 1. The maximum absolute atomic E-state index is 4.80. The van der Waals surface area contributed by atoms with Gasteiger partial charge >= 0.3 is 0 Å². The molecule has 0 unspecified atom stereocenters. The molecule has 0 bridgehead atoms. The SMILES string of the molecule is Cc1cc(-c2[nH]nc(-c3cnc(C4CCN(C)CC4)s3)c2C(C)C)cn2ncnc12. The molecular formula is C22H27N7S. The Morgan fingerprint density at radius 1 is 1.20 bits per heavy atom. The number of piperidine rings is 1. The van der Waals surface area contributed by atoms with Crippen molar-refractivity contribution in [3.8, 4) is 21.8 Å². The minimum absolute atomic E-state index is 0.328. The molecule has 7 nitrogen and oxygen atoms in total. The molecule has 5 heterocycles. The highest BCUT2D eigenvalue weighted by Gasteiger charge is 2.25. The van der Waals surface area contributed by atoms with Crippen molar-refractivity contribution < 1.29 is 0 Å². The van der Waals surface area contributed by atoms with Crippen molar-refractivity contribution in [3.05, 3.63) is 40.9 Å². The summed E-state index contributed by atoms with van der Waals surface area (Å²) in [6, 6.07) is 2.16. The molecule has 1 fully saturated rings. The van der Waals surface area contributed by atoms with Crippen molar-refractivity contribution in [3.63, 3.8) is 0 Å². The van der Waals surface area contributed by atoms with Crippen LogP contribution in [0.5, 0.6) is 0 Å². The van der Waals surface area contributed by atoms with Gasteiger partial charge in [-0.15, -0.1) is 11.3 Å². The number of aromatic nitrogens is 6. The first-order chi connectivity index (χ1) is 14.5. The average molecular weight is 422 g/mol. The number of fused-ring (bicyclic) bond motifs is 1. The molecule has 1 aliphatic heterocycles. The van der Waals surface area contributed by atoms with Crippen LogP contribution in [-0.2, 0) is 0 Å². The molecule has 0 saturated carbocycles. The van der Waals surface area contributed by atoms with E-state index in [4.69, 9.17) is 10.1 Å². The largest absolute Gasteiger partial charge is 0.306 e. The number of aromatic amines is 1. The molecule has 0 amide bonds. The summed E-state index contributed by atoms with van der Waals surface area (Å²) in [7, 11) is 2.20. The zero-order chi connectivity index (χ0) is 20.8. The van der Waals surface area contributed by atoms with Gasteiger partial charge in [0, 0.05) is 29.4 Å². The predicted molar refractivity (Wildman–Crippen MR) is 120 cm³/mol. The monoisotopic (exact) mass is 421 g/mol. The van der Waals surface area contributed by atoms with Crippen LogP contribution in [0.25, 0.3) is 27.5 Å². The third-order valence-corrected chi connectivity index (χ3v) is 7.22. The molecule has 0 aromatic carbocycles. The number of likely N-dealkylation sites (tertiary alicyclic amines) is 1. The molecule has 4 aromatic rings. The topological polar surface area (TPSA) is 75.0 Å². The second kappa shape index (κ2) is 7.59. The highest BCUT2D eigenvalue weighted by Crippen LogP contribution is 2.40. The summed E-state index contributed by atoms with van der Waals surface area (Å²) >= 11 is 1.80. The van der Waals surface area contributed by atoms with E-state index in [2.05, 4.69) is 54.0 Å². The van der Waals surface area contributed by atoms with Gasteiger partial charge < -0.3 is 4.90 Å². The fraction of sp³-hybridized carbons (Fsp3) is 0.455. The Balaban J connectivity index is 1.53. The standard InChI is InChI=1S/C22H27N7S/c1-13(2)18-19(16-9-14(3)21-24-12-25-29(21)11-16)26-27-20(18)17-10-23-22(30-17)15-5-7-28(4)8-6-15/h9-13,15H,5-8H2,1-4H3,(H,26,27). The van der Waals surface area contributed by atoms with Crippen molar-refractivity contribution in [2.75, 3.05) is 20.1 Å². The minimum atomic E-state index is 0.328. The Kier molecular flexibility index (Phi) is 4.91. The van der Waals surface area contributed by atoms with Gasteiger partial charge in [0.25, 0.3) is 0 Å². The van der Waals surface area contributed by atoms with Gasteiger partial charge in [-0.25, -0.2) is 14.5 Å². The third kappa shape index (κ3) is 3.33. The first kappa shape index (κ1) is 19.4. The number of pyridine rings is 1. The lowest BCUT2D eigenvalue weighted by Gasteiger charge is -2.27. The van der Waals surface area contributed by atoms with E-state index in [-0.39, 0.29) is 0 Å². The summed E-state index contributed by atoms with van der Waals surface area (Å²) in [5, 5.41) is 13.6. The van der Waals surface area contributed by atoms with E-state index in [1.807, 2.05) is 16.9 Å². The molecular weight excluding hydrogens is 394 g/mol. The van der Waals surface area contributed by atoms with Gasteiger partial charge in [-0.2, -0.15) is 10.2 Å². The summed E-state index contributed by atoms with van der Waals surface area (Å²) in [4.78, 5) is 12.7. The molecule has 1 aliphatic rings. The maximum Gasteiger partial charge on any atom is 0.158 e. The van der Waals surface area contributed by atoms with Crippen molar-refractivity contribution in [1.82, 2.24) is 34.7 Å². The molecule has 0 aliphatic carbocycles. The van der Waals surface area contributed by atoms with Gasteiger partial charge in [-0.05, 0) is 57.5 Å². The number of nitrogens with zero attached hydrogens (tertiary/aromatic N) is 6. The summed E-state index contributed by atoms with van der Waals surface area (Å²) in [6.45, 7) is 8.80. The zero-order valence-corrected chi connectivity index (χ0v) is 18.7. The zero-order valence-electron chi connectivity index (χ0n) is 17.9. The van der Waals surface area contributed by atoms with Crippen LogP contribution < -0.4 is 0 Å². The van der Waals surface area contributed by atoms with E-state index in [9.17, 15) is 0 Å².